The molecule has 2 aromatic carbocycles. The van der Waals surface area contributed by atoms with Crippen LogP contribution in [-0.2, 0) is 33.7 Å². The second-order valence-corrected chi connectivity index (χ2v) is 9.28. The summed E-state index contributed by atoms with van der Waals surface area (Å²) in [5.41, 5.74) is 1.27. The summed E-state index contributed by atoms with van der Waals surface area (Å²) in [6, 6.07) is 15.5. The minimum absolute atomic E-state index is 0.157. The number of rotatable bonds is 4. The van der Waals surface area contributed by atoms with E-state index in [1.165, 1.54) is 0 Å². The maximum atomic E-state index is 13.2. The number of benzene rings is 2. The summed E-state index contributed by atoms with van der Waals surface area (Å²) in [6.45, 7) is 5.53. The lowest BCUT2D eigenvalue weighted by atomic mass is 9.78. The van der Waals surface area contributed by atoms with Crippen LogP contribution in [0, 0.1) is 0 Å². The largest absolute Gasteiger partial charge is 0.459 e. The van der Waals surface area contributed by atoms with E-state index in [1.807, 2.05) is 42.5 Å². The Balaban J connectivity index is 1.82. The molecular weight excluding hydrogens is 434 g/mol. The first-order chi connectivity index (χ1) is 13.7. The van der Waals surface area contributed by atoms with Crippen LogP contribution in [-0.4, -0.2) is 23.2 Å². The number of esters is 1. The van der Waals surface area contributed by atoms with Gasteiger partial charge < -0.3 is 14.8 Å². The standard InChI is InChI=1S/C23H26BrNO4/c1-22(2,3)29-21(27)25-23(20(26)28-15-16-7-5-4-6-8-16)12-11-17-13-19(24)10-9-18(17)14-23/h4-10,13H,11-12,14-15H2,1-3H3,(H,25,27)/t23-/m0/s1. The first-order valence-electron chi connectivity index (χ1n) is 9.66. The number of aryl methyl sites for hydroxylation is 1. The molecule has 0 fully saturated rings. The summed E-state index contributed by atoms with van der Waals surface area (Å²) in [5, 5.41) is 2.83. The Bertz CT molecular complexity index is 891. The van der Waals surface area contributed by atoms with Gasteiger partial charge in [0.1, 0.15) is 17.7 Å². The lowest BCUT2D eigenvalue weighted by Crippen LogP contribution is -2.59. The Morgan fingerprint density at radius 3 is 2.52 bits per heavy atom. The van der Waals surface area contributed by atoms with E-state index in [1.54, 1.807) is 20.8 Å². The number of ether oxygens (including phenoxy) is 2. The van der Waals surface area contributed by atoms with Gasteiger partial charge in [-0.3, -0.25) is 0 Å². The van der Waals surface area contributed by atoms with Crippen LogP contribution in [0.4, 0.5) is 4.79 Å². The van der Waals surface area contributed by atoms with Crippen molar-refractivity contribution in [3.8, 4) is 0 Å². The Kier molecular flexibility index (Phi) is 6.32. The SMILES string of the molecule is CC(C)(C)OC(=O)N[C@@]1(C(=O)OCc2ccccc2)CCc2cc(Br)ccc2C1. The van der Waals surface area contributed by atoms with Gasteiger partial charge in [-0.15, -0.1) is 0 Å². The number of alkyl carbamates (subject to hydrolysis) is 1. The van der Waals surface area contributed by atoms with Gasteiger partial charge in [0.2, 0.25) is 0 Å². The molecule has 0 saturated heterocycles. The van der Waals surface area contributed by atoms with E-state index in [0.717, 1.165) is 21.2 Å². The van der Waals surface area contributed by atoms with Crippen LogP contribution in [0.5, 0.6) is 0 Å². The normalized spacial score (nSPS) is 18.5. The molecule has 0 heterocycles. The minimum Gasteiger partial charge on any atom is -0.459 e. The monoisotopic (exact) mass is 459 g/mol. The molecule has 29 heavy (non-hydrogen) atoms. The predicted molar refractivity (Wildman–Crippen MR) is 115 cm³/mol. The van der Waals surface area contributed by atoms with Crippen LogP contribution in [0.3, 0.4) is 0 Å². The van der Waals surface area contributed by atoms with Gasteiger partial charge in [-0.25, -0.2) is 9.59 Å². The van der Waals surface area contributed by atoms with Crippen molar-refractivity contribution in [2.24, 2.45) is 0 Å². The third-order valence-corrected chi connectivity index (χ3v) is 5.32. The van der Waals surface area contributed by atoms with Crippen molar-refractivity contribution >= 4 is 28.0 Å². The summed E-state index contributed by atoms with van der Waals surface area (Å²) in [4.78, 5) is 25.7. The van der Waals surface area contributed by atoms with Crippen molar-refractivity contribution in [2.75, 3.05) is 0 Å². The smallest absolute Gasteiger partial charge is 0.408 e. The highest BCUT2D eigenvalue weighted by Crippen LogP contribution is 2.32. The van der Waals surface area contributed by atoms with Crippen molar-refractivity contribution < 1.29 is 19.1 Å². The molecule has 1 aliphatic rings. The molecule has 0 spiro atoms. The van der Waals surface area contributed by atoms with Crippen molar-refractivity contribution in [2.45, 2.75) is 57.8 Å². The zero-order valence-electron chi connectivity index (χ0n) is 17.0. The highest BCUT2D eigenvalue weighted by atomic mass is 79.9. The number of hydrogen-bond acceptors (Lipinski definition) is 4. The fourth-order valence-corrected chi connectivity index (χ4v) is 3.86. The molecule has 6 heteroatoms. The van der Waals surface area contributed by atoms with E-state index >= 15 is 0 Å². The molecule has 0 aromatic heterocycles. The molecule has 3 rings (SSSR count). The number of amides is 1. The molecule has 0 unspecified atom stereocenters. The molecule has 0 aliphatic heterocycles. The number of halogens is 1. The van der Waals surface area contributed by atoms with Crippen molar-refractivity contribution in [3.63, 3.8) is 0 Å². The van der Waals surface area contributed by atoms with Crippen LogP contribution in [0.15, 0.2) is 53.0 Å². The van der Waals surface area contributed by atoms with Crippen molar-refractivity contribution in [1.82, 2.24) is 5.32 Å². The second-order valence-electron chi connectivity index (χ2n) is 8.36. The lowest BCUT2D eigenvalue weighted by molar-refractivity contribution is -0.153. The zero-order valence-corrected chi connectivity index (χ0v) is 18.5. The van der Waals surface area contributed by atoms with E-state index in [9.17, 15) is 9.59 Å². The van der Waals surface area contributed by atoms with Crippen molar-refractivity contribution in [3.05, 3.63) is 69.7 Å². The van der Waals surface area contributed by atoms with Gasteiger partial charge in [-0.05, 0) is 62.4 Å². The lowest BCUT2D eigenvalue weighted by Gasteiger charge is -2.37. The van der Waals surface area contributed by atoms with Gasteiger partial charge >= 0.3 is 12.1 Å². The van der Waals surface area contributed by atoms with Crippen LogP contribution >= 0.6 is 15.9 Å². The Morgan fingerprint density at radius 2 is 1.83 bits per heavy atom. The molecule has 0 bridgehead atoms. The maximum absolute atomic E-state index is 13.2. The molecule has 0 radical (unpaired) electrons. The number of fused-ring (bicyclic) bond motifs is 1. The summed E-state index contributed by atoms with van der Waals surface area (Å²) in [5.74, 6) is -0.444. The van der Waals surface area contributed by atoms with E-state index in [0.29, 0.717) is 19.3 Å². The third-order valence-electron chi connectivity index (χ3n) is 4.83. The second kappa shape index (κ2) is 8.57. The van der Waals surface area contributed by atoms with Gasteiger partial charge in [-0.1, -0.05) is 52.3 Å². The summed E-state index contributed by atoms with van der Waals surface area (Å²) >= 11 is 3.49. The van der Waals surface area contributed by atoms with Gasteiger partial charge in [0.05, 0.1) is 0 Å². The molecular formula is C23H26BrNO4. The minimum atomic E-state index is -1.15. The Hall–Kier alpha value is -2.34. The summed E-state index contributed by atoms with van der Waals surface area (Å²) < 4.78 is 12.0. The molecule has 1 amide bonds. The number of carbonyl (C=O) groups excluding carboxylic acids is 2. The topological polar surface area (TPSA) is 64.6 Å². The van der Waals surface area contributed by atoms with E-state index in [-0.39, 0.29) is 6.61 Å². The molecule has 0 saturated carbocycles. The predicted octanol–water partition coefficient (Wildman–Crippen LogP) is 4.94. The van der Waals surface area contributed by atoms with Gasteiger partial charge in [0, 0.05) is 10.9 Å². The van der Waals surface area contributed by atoms with Crippen molar-refractivity contribution in [1.29, 1.82) is 0 Å². The van der Waals surface area contributed by atoms with Gasteiger partial charge in [0.25, 0.3) is 0 Å². The number of hydrogen-bond donors (Lipinski definition) is 1. The van der Waals surface area contributed by atoms with E-state index in [4.69, 9.17) is 9.47 Å². The molecule has 5 nitrogen and oxygen atoms in total. The van der Waals surface area contributed by atoms with Crippen LogP contribution in [0.1, 0.15) is 43.9 Å². The summed E-state index contributed by atoms with van der Waals surface area (Å²) in [6.07, 6.45) is 0.853. The fourth-order valence-electron chi connectivity index (χ4n) is 3.45. The Labute approximate surface area is 179 Å². The zero-order chi connectivity index (χ0) is 21.1. The first kappa shape index (κ1) is 21.4. The van der Waals surface area contributed by atoms with Gasteiger partial charge in [0.15, 0.2) is 0 Å². The van der Waals surface area contributed by atoms with Gasteiger partial charge in [-0.2, -0.15) is 0 Å². The molecule has 1 aliphatic carbocycles. The quantitative estimate of drug-likeness (QED) is 0.657. The Morgan fingerprint density at radius 1 is 1.10 bits per heavy atom. The fraction of sp³-hybridized carbons (Fsp3) is 0.391. The third kappa shape index (κ3) is 5.60. The highest BCUT2D eigenvalue weighted by molar-refractivity contribution is 9.10. The van der Waals surface area contributed by atoms with Crippen LogP contribution in [0.25, 0.3) is 0 Å². The highest BCUT2D eigenvalue weighted by Gasteiger charge is 2.45. The van der Waals surface area contributed by atoms with E-state index < -0.39 is 23.2 Å². The number of nitrogens with one attached hydrogen (secondary N) is 1. The van der Waals surface area contributed by atoms with Crippen LogP contribution in [0.2, 0.25) is 0 Å². The molecule has 1 N–H and O–H groups in total. The number of carbonyl (C=O) groups is 2. The molecule has 154 valence electrons. The van der Waals surface area contributed by atoms with E-state index in [2.05, 4.69) is 27.3 Å². The summed E-state index contributed by atoms with van der Waals surface area (Å²) in [7, 11) is 0. The maximum Gasteiger partial charge on any atom is 0.408 e. The van der Waals surface area contributed by atoms with Crippen LogP contribution < -0.4 is 5.32 Å². The first-order valence-corrected chi connectivity index (χ1v) is 10.5. The molecule has 2 aromatic rings. The molecule has 1 atom stereocenters. The average molecular weight is 460 g/mol. The average Bonchev–Trinajstić information content (AvgIpc) is 2.65.